The number of aromatic nitrogens is 1. The van der Waals surface area contributed by atoms with Crippen LogP contribution in [0.15, 0.2) is 24.4 Å². The van der Waals surface area contributed by atoms with Crippen molar-refractivity contribution in [2.45, 2.75) is 33.1 Å². The molecule has 0 bridgehead atoms. The van der Waals surface area contributed by atoms with Crippen LogP contribution in [0.4, 0.5) is 0 Å². The summed E-state index contributed by atoms with van der Waals surface area (Å²) in [6, 6.07) is 5.60. The summed E-state index contributed by atoms with van der Waals surface area (Å²) >= 11 is 6.02. The third-order valence-corrected chi connectivity index (χ3v) is 4.81. The van der Waals surface area contributed by atoms with Crippen LogP contribution in [-0.2, 0) is 11.2 Å². The van der Waals surface area contributed by atoms with Gasteiger partial charge < -0.3 is 15.4 Å². The number of aliphatic hydroxyl groups is 1. The number of benzene rings is 1. The predicted octanol–water partition coefficient (Wildman–Crippen LogP) is 3.28. The molecule has 0 radical (unpaired) electrons. The van der Waals surface area contributed by atoms with E-state index in [4.69, 9.17) is 11.6 Å². The van der Waals surface area contributed by atoms with Crippen LogP contribution in [0.2, 0.25) is 5.02 Å². The minimum absolute atomic E-state index is 0.0411. The molecule has 0 aliphatic heterocycles. The Balaban J connectivity index is 2.03. The van der Waals surface area contributed by atoms with Gasteiger partial charge >= 0.3 is 0 Å². The fourth-order valence-corrected chi connectivity index (χ4v) is 2.77. The molecule has 0 aliphatic carbocycles. The zero-order valence-electron chi connectivity index (χ0n) is 13.1. The number of aliphatic hydroxyl groups excluding tert-OH is 1. The van der Waals surface area contributed by atoms with Gasteiger partial charge in [-0.25, -0.2) is 0 Å². The summed E-state index contributed by atoms with van der Waals surface area (Å²) < 4.78 is 0. The van der Waals surface area contributed by atoms with Gasteiger partial charge in [-0.3, -0.25) is 4.79 Å². The highest BCUT2D eigenvalue weighted by atomic mass is 35.5. The van der Waals surface area contributed by atoms with Crippen molar-refractivity contribution in [2.75, 3.05) is 13.2 Å². The lowest BCUT2D eigenvalue weighted by Crippen LogP contribution is -2.39. The Morgan fingerprint density at radius 3 is 2.73 bits per heavy atom. The summed E-state index contributed by atoms with van der Waals surface area (Å²) in [7, 11) is 0. The SMILES string of the molecule is CCC(CC)(CO)CNC(=O)Cc1c[nH]c2ccc(Cl)cc12. The fourth-order valence-electron chi connectivity index (χ4n) is 2.60. The molecule has 0 aliphatic rings. The maximum Gasteiger partial charge on any atom is 0.224 e. The molecular weight excluding hydrogens is 300 g/mol. The molecule has 0 fully saturated rings. The zero-order valence-corrected chi connectivity index (χ0v) is 13.8. The number of aromatic amines is 1. The molecular formula is C17H23ClN2O2. The van der Waals surface area contributed by atoms with Crippen LogP contribution in [0, 0.1) is 5.41 Å². The lowest BCUT2D eigenvalue weighted by molar-refractivity contribution is -0.121. The second-order valence-electron chi connectivity index (χ2n) is 5.82. The molecule has 4 nitrogen and oxygen atoms in total. The maximum absolute atomic E-state index is 12.2. The molecule has 2 rings (SSSR count). The highest BCUT2D eigenvalue weighted by molar-refractivity contribution is 6.31. The number of carbonyl (C=O) groups is 1. The van der Waals surface area contributed by atoms with Gasteiger partial charge in [0.05, 0.1) is 13.0 Å². The molecule has 1 aromatic carbocycles. The van der Waals surface area contributed by atoms with E-state index in [-0.39, 0.29) is 17.9 Å². The quantitative estimate of drug-likeness (QED) is 0.732. The molecule has 0 atom stereocenters. The van der Waals surface area contributed by atoms with Crippen LogP contribution in [0.25, 0.3) is 10.9 Å². The summed E-state index contributed by atoms with van der Waals surface area (Å²) in [6.45, 7) is 4.66. The molecule has 5 heteroatoms. The maximum atomic E-state index is 12.2. The largest absolute Gasteiger partial charge is 0.396 e. The first-order valence-corrected chi connectivity index (χ1v) is 8.04. The van der Waals surface area contributed by atoms with Crippen molar-refractivity contribution < 1.29 is 9.90 Å². The van der Waals surface area contributed by atoms with Gasteiger partial charge in [-0.15, -0.1) is 0 Å². The third kappa shape index (κ3) is 3.62. The van der Waals surface area contributed by atoms with E-state index in [0.29, 0.717) is 18.0 Å². The molecule has 120 valence electrons. The van der Waals surface area contributed by atoms with Crippen molar-refractivity contribution in [1.82, 2.24) is 10.3 Å². The molecule has 1 heterocycles. The number of fused-ring (bicyclic) bond motifs is 1. The molecule has 0 saturated heterocycles. The van der Waals surface area contributed by atoms with Crippen molar-refractivity contribution in [3.05, 3.63) is 35.0 Å². The number of rotatable bonds is 7. The smallest absolute Gasteiger partial charge is 0.224 e. The average molecular weight is 323 g/mol. The lowest BCUT2D eigenvalue weighted by atomic mass is 9.83. The van der Waals surface area contributed by atoms with Crippen LogP contribution < -0.4 is 5.32 Å². The van der Waals surface area contributed by atoms with Crippen LogP contribution >= 0.6 is 11.6 Å². The van der Waals surface area contributed by atoms with E-state index < -0.39 is 0 Å². The van der Waals surface area contributed by atoms with Gasteiger partial charge in [0.2, 0.25) is 5.91 Å². The highest BCUT2D eigenvalue weighted by Crippen LogP contribution is 2.25. The molecule has 0 spiro atoms. The lowest BCUT2D eigenvalue weighted by Gasteiger charge is -2.29. The zero-order chi connectivity index (χ0) is 16.2. The van der Waals surface area contributed by atoms with Crippen molar-refractivity contribution in [3.63, 3.8) is 0 Å². The van der Waals surface area contributed by atoms with E-state index in [0.717, 1.165) is 29.3 Å². The second kappa shape index (κ2) is 7.16. The van der Waals surface area contributed by atoms with Gasteiger partial charge in [-0.1, -0.05) is 25.4 Å². The van der Waals surface area contributed by atoms with Crippen molar-refractivity contribution >= 4 is 28.4 Å². The van der Waals surface area contributed by atoms with Gasteiger partial charge in [0.1, 0.15) is 0 Å². The molecule has 0 saturated carbocycles. The molecule has 3 N–H and O–H groups in total. The Labute approximate surface area is 135 Å². The number of hydrogen-bond donors (Lipinski definition) is 3. The summed E-state index contributed by atoms with van der Waals surface area (Å²) in [5.74, 6) is -0.0411. The molecule has 1 amide bonds. The summed E-state index contributed by atoms with van der Waals surface area (Å²) in [6.07, 6.45) is 3.82. The number of H-pyrrole nitrogens is 1. The number of halogens is 1. The minimum Gasteiger partial charge on any atom is -0.396 e. The summed E-state index contributed by atoms with van der Waals surface area (Å²) in [5, 5.41) is 14.1. The highest BCUT2D eigenvalue weighted by Gasteiger charge is 2.25. The Bertz CT molecular complexity index is 639. The van der Waals surface area contributed by atoms with Crippen LogP contribution in [0.3, 0.4) is 0 Å². The Hall–Kier alpha value is -1.52. The Morgan fingerprint density at radius 2 is 2.09 bits per heavy atom. The van der Waals surface area contributed by atoms with Gasteiger partial charge in [-0.2, -0.15) is 0 Å². The number of nitrogens with one attached hydrogen (secondary N) is 2. The molecule has 2 aromatic rings. The van der Waals surface area contributed by atoms with Crippen molar-refractivity contribution in [1.29, 1.82) is 0 Å². The number of carbonyl (C=O) groups excluding carboxylic acids is 1. The van der Waals surface area contributed by atoms with E-state index in [1.807, 2.05) is 38.2 Å². The van der Waals surface area contributed by atoms with E-state index in [1.165, 1.54) is 0 Å². The monoisotopic (exact) mass is 322 g/mol. The van der Waals surface area contributed by atoms with Crippen molar-refractivity contribution in [2.24, 2.45) is 5.41 Å². The number of hydrogen-bond acceptors (Lipinski definition) is 2. The van der Waals surface area contributed by atoms with E-state index >= 15 is 0 Å². The van der Waals surface area contributed by atoms with Crippen molar-refractivity contribution in [3.8, 4) is 0 Å². The van der Waals surface area contributed by atoms with E-state index in [1.54, 1.807) is 0 Å². The van der Waals surface area contributed by atoms with Gasteiger partial charge in [0.15, 0.2) is 0 Å². The van der Waals surface area contributed by atoms with Gasteiger partial charge in [0.25, 0.3) is 0 Å². The molecule has 22 heavy (non-hydrogen) atoms. The minimum atomic E-state index is -0.223. The standard InChI is InChI=1S/C17H23ClN2O2/c1-3-17(4-2,11-21)10-20-16(22)7-12-9-19-15-6-5-13(18)8-14(12)15/h5-6,8-9,19,21H,3-4,7,10-11H2,1-2H3,(H,20,22). The van der Waals surface area contributed by atoms with Gasteiger partial charge in [-0.05, 0) is 36.6 Å². The van der Waals surface area contributed by atoms with E-state index in [2.05, 4.69) is 10.3 Å². The normalized spacial score (nSPS) is 11.8. The Kier molecular flexibility index (Phi) is 5.48. The Morgan fingerprint density at radius 1 is 1.36 bits per heavy atom. The first-order valence-electron chi connectivity index (χ1n) is 7.66. The topological polar surface area (TPSA) is 65.1 Å². The number of amides is 1. The van der Waals surface area contributed by atoms with Crippen LogP contribution in [-0.4, -0.2) is 29.1 Å². The van der Waals surface area contributed by atoms with Crippen LogP contribution in [0.5, 0.6) is 0 Å². The average Bonchev–Trinajstić information content (AvgIpc) is 2.91. The first kappa shape index (κ1) is 16.8. The fraction of sp³-hybridized carbons (Fsp3) is 0.471. The predicted molar refractivity (Wildman–Crippen MR) is 90.1 cm³/mol. The van der Waals surface area contributed by atoms with E-state index in [9.17, 15) is 9.90 Å². The summed E-state index contributed by atoms with van der Waals surface area (Å²) in [5.41, 5.74) is 1.68. The first-order chi connectivity index (χ1) is 10.5. The molecule has 1 aromatic heterocycles. The van der Waals surface area contributed by atoms with Gasteiger partial charge in [0, 0.05) is 34.1 Å². The molecule has 0 unspecified atom stereocenters. The van der Waals surface area contributed by atoms with Crippen LogP contribution in [0.1, 0.15) is 32.3 Å². The third-order valence-electron chi connectivity index (χ3n) is 4.58. The second-order valence-corrected chi connectivity index (χ2v) is 6.26. The summed E-state index contributed by atoms with van der Waals surface area (Å²) in [4.78, 5) is 15.3.